The second kappa shape index (κ2) is 6.73. The van der Waals surface area contributed by atoms with Crippen molar-refractivity contribution in [2.45, 2.75) is 30.7 Å². The van der Waals surface area contributed by atoms with Crippen molar-refractivity contribution in [3.05, 3.63) is 36.2 Å². The lowest BCUT2D eigenvalue weighted by molar-refractivity contribution is 0.526. The van der Waals surface area contributed by atoms with Gasteiger partial charge in [0, 0.05) is 27.1 Å². The molecule has 1 aromatic heterocycles. The van der Waals surface area contributed by atoms with Crippen molar-refractivity contribution in [1.82, 2.24) is 19.1 Å². The van der Waals surface area contributed by atoms with Crippen molar-refractivity contribution in [1.29, 1.82) is 0 Å². The molecular weight excluding hydrogens is 364 g/mol. The highest BCUT2D eigenvalue weighted by molar-refractivity contribution is 8.02. The minimum Gasteiger partial charge on any atom is -0.297 e. The van der Waals surface area contributed by atoms with Gasteiger partial charge in [-0.2, -0.15) is 8.42 Å². The van der Waals surface area contributed by atoms with Crippen LogP contribution in [0.3, 0.4) is 0 Å². The molecule has 9 nitrogen and oxygen atoms in total. The van der Waals surface area contributed by atoms with Gasteiger partial charge >= 0.3 is 10.2 Å². The lowest BCUT2D eigenvalue weighted by Crippen LogP contribution is -2.25. The third-order valence-corrected chi connectivity index (χ3v) is 7.73. The van der Waals surface area contributed by atoms with Crippen molar-refractivity contribution in [2.75, 3.05) is 18.8 Å². The molecule has 25 heavy (non-hydrogen) atoms. The molecule has 136 valence electrons. The summed E-state index contributed by atoms with van der Waals surface area (Å²) in [6, 6.07) is 8.29. The first-order chi connectivity index (χ1) is 11.8. The largest absolute Gasteiger partial charge is 0.353 e. The van der Waals surface area contributed by atoms with Gasteiger partial charge in [-0.05, 0) is 25.0 Å². The maximum atomic E-state index is 13.2. The summed E-state index contributed by atoms with van der Waals surface area (Å²) >= 11 is 0. The number of anilines is 1. The predicted molar refractivity (Wildman–Crippen MR) is 94.5 cm³/mol. The molecule has 0 aliphatic carbocycles. The first-order valence-electron chi connectivity index (χ1n) is 7.78. The van der Waals surface area contributed by atoms with Crippen LogP contribution in [0.25, 0.3) is 0 Å². The van der Waals surface area contributed by atoms with Crippen LogP contribution in [-0.4, -0.2) is 45.8 Å². The van der Waals surface area contributed by atoms with E-state index < -0.39 is 20.1 Å². The summed E-state index contributed by atoms with van der Waals surface area (Å²) < 4.78 is 47.2. The second-order valence-corrected chi connectivity index (χ2v) is 9.77. The molecule has 1 aromatic carbocycles. The first-order valence-corrected chi connectivity index (χ1v) is 10.7. The van der Waals surface area contributed by atoms with Gasteiger partial charge in [0.1, 0.15) is 5.82 Å². The molecule has 0 amide bonds. The number of hydrogen-bond donors (Lipinski definition) is 1. The number of aromatic nitrogens is 3. The lowest BCUT2D eigenvalue weighted by Gasteiger charge is -2.18. The first kappa shape index (κ1) is 17.8. The number of benzene rings is 1. The minimum absolute atomic E-state index is 0.104. The van der Waals surface area contributed by atoms with E-state index in [1.54, 1.807) is 34.9 Å². The van der Waals surface area contributed by atoms with Crippen molar-refractivity contribution < 1.29 is 12.6 Å². The Morgan fingerprint density at radius 1 is 1.12 bits per heavy atom. The van der Waals surface area contributed by atoms with Crippen LogP contribution in [0.4, 0.5) is 5.95 Å². The normalized spacial score (nSPS) is 16.9. The molecule has 11 heteroatoms. The Morgan fingerprint density at radius 3 is 2.52 bits per heavy atom. The van der Waals surface area contributed by atoms with Crippen LogP contribution in [0.2, 0.25) is 0 Å². The zero-order chi connectivity index (χ0) is 18.1. The predicted octanol–water partition coefficient (Wildman–Crippen LogP) is 1.27. The Balaban J connectivity index is 2.00. The van der Waals surface area contributed by atoms with Crippen molar-refractivity contribution in [3.63, 3.8) is 0 Å². The molecular formula is C14H20N6O3S2. The van der Waals surface area contributed by atoms with Gasteiger partial charge in [-0.1, -0.05) is 22.0 Å². The maximum absolute atomic E-state index is 13.2. The number of rotatable bonds is 5. The number of nitrogens with zero attached hydrogens (tertiary/aromatic N) is 5. The van der Waals surface area contributed by atoms with Gasteiger partial charge in [-0.3, -0.25) is 4.57 Å². The van der Waals surface area contributed by atoms with Crippen LogP contribution in [0.5, 0.6) is 0 Å². The minimum atomic E-state index is -4.25. The maximum Gasteiger partial charge on any atom is 0.353 e. The molecule has 0 saturated heterocycles. The van der Waals surface area contributed by atoms with E-state index in [0.29, 0.717) is 11.4 Å². The van der Waals surface area contributed by atoms with Crippen molar-refractivity contribution >= 4 is 26.1 Å². The highest BCUT2D eigenvalue weighted by atomic mass is 32.3. The molecule has 0 fully saturated rings. The SMILES string of the molecule is CN(C)S(=O)(=NS(=O)(=O)Nc1nnc2n1CCCC2)c1ccccc1. The quantitative estimate of drug-likeness (QED) is 0.835. The summed E-state index contributed by atoms with van der Waals surface area (Å²) in [7, 11) is -4.53. The molecule has 1 atom stereocenters. The molecule has 2 aromatic rings. The molecule has 1 aliphatic rings. The van der Waals surface area contributed by atoms with Crippen LogP contribution >= 0.6 is 0 Å². The Kier molecular flexibility index (Phi) is 4.80. The Bertz CT molecular complexity index is 975. The fourth-order valence-electron chi connectivity index (χ4n) is 2.57. The summed E-state index contributed by atoms with van der Waals surface area (Å²) in [5.41, 5.74) is 0. The number of aryl methyl sites for hydroxylation is 1. The van der Waals surface area contributed by atoms with Crippen LogP contribution in [0.15, 0.2) is 39.0 Å². The third-order valence-electron chi connectivity index (χ3n) is 3.82. The standard InChI is InChI=1S/C14H20N6O3S2/c1-19(2)24(21,12-8-4-3-5-9-12)18-25(22,23)17-14-16-15-13-10-6-7-11-20(13)14/h3-5,8-9H,6-7,10-11H2,1-2H3,(H,16,17). The molecule has 2 heterocycles. The monoisotopic (exact) mass is 384 g/mol. The summed E-state index contributed by atoms with van der Waals surface area (Å²) in [6.07, 6.45) is 2.68. The molecule has 0 radical (unpaired) electrons. The number of nitrogens with one attached hydrogen (secondary N) is 1. The number of hydrogen-bond acceptors (Lipinski definition) is 5. The van der Waals surface area contributed by atoms with Gasteiger partial charge in [0.25, 0.3) is 0 Å². The average Bonchev–Trinajstić information content (AvgIpc) is 2.97. The average molecular weight is 384 g/mol. The lowest BCUT2D eigenvalue weighted by atomic mass is 10.2. The van der Waals surface area contributed by atoms with E-state index in [-0.39, 0.29) is 5.95 Å². The Morgan fingerprint density at radius 2 is 1.84 bits per heavy atom. The zero-order valence-corrected chi connectivity index (χ0v) is 15.6. The van der Waals surface area contributed by atoms with E-state index >= 15 is 0 Å². The summed E-state index contributed by atoms with van der Waals surface area (Å²) in [6.45, 7) is 0.641. The fourth-order valence-corrected chi connectivity index (χ4v) is 5.97. The van der Waals surface area contributed by atoms with Gasteiger partial charge in [0.15, 0.2) is 9.92 Å². The van der Waals surface area contributed by atoms with Gasteiger partial charge in [-0.15, -0.1) is 10.2 Å². The zero-order valence-electron chi connectivity index (χ0n) is 14.0. The molecule has 1 aliphatic heterocycles. The summed E-state index contributed by atoms with van der Waals surface area (Å²) in [4.78, 5) is 0.314. The van der Waals surface area contributed by atoms with Crippen molar-refractivity contribution in [3.8, 4) is 0 Å². The van der Waals surface area contributed by atoms with Crippen LogP contribution < -0.4 is 4.72 Å². The van der Waals surface area contributed by atoms with E-state index in [1.807, 2.05) is 0 Å². The Hall–Kier alpha value is -1.98. The highest BCUT2D eigenvalue weighted by Gasteiger charge is 2.24. The summed E-state index contributed by atoms with van der Waals surface area (Å²) in [5, 5.41) is 7.88. The second-order valence-electron chi connectivity index (χ2n) is 5.82. The van der Waals surface area contributed by atoms with Gasteiger partial charge in [-0.25, -0.2) is 13.2 Å². The van der Waals surface area contributed by atoms with E-state index in [0.717, 1.165) is 25.1 Å². The molecule has 1 unspecified atom stereocenters. The number of fused-ring (bicyclic) bond motifs is 1. The topological polar surface area (TPSA) is 110 Å². The molecule has 0 spiro atoms. The molecule has 3 rings (SSSR count). The fraction of sp³-hybridized carbons (Fsp3) is 0.429. The van der Waals surface area contributed by atoms with Crippen LogP contribution in [0, 0.1) is 0 Å². The van der Waals surface area contributed by atoms with Gasteiger partial charge in [0.2, 0.25) is 5.95 Å². The van der Waals surface area contributed by atoms with Gasteiger partial charge < -0.3 is 0 Å². The van der Waals surface area contributed by atoms with Crippen LogP contribution in [0.1, 0.15) is 18.7 Å². The Labute approximate surface area is 147 Å². The van der Waals surface area contributed by atoms with Crippen LogP contribution in [-0.2, 0) is 33.1 Å². The molecule has 0 bridgehead atoms. The summed E-state index contributed by atoms with van der Waals surface area (Å²) in [5.74, 6) is 0.840. The van der Waals surface area contributed by atoms with Gasteiger partial charge in [0.05, 0.1) is 4.90 Å². The third kappa shape index (κ3) is 3.67. The molecule has 0 saturated carbocycles. The smallest absolute Gasteiger partial charge is 0.297 e. The van der Waals surface area contributed by atoms with Crippen molar-refractivity contribution in [2.24, 2.45) is 3.77 Å². The van der Waals surface area contributed by atoms with E-state index in [1.165, 1.54) is 18.4 Å². The highest BCUT2D eigenvalue weighted by Crippen LogP contribution is 2.21. The van der Waals surface area contributed by atoms with E-state index in [4.69, 9.17) is 0 Å². The van der Waals surface area contributed by atoms with E-state index in [9.17, 15) is 12.6 Å². The van der Waals surface area contributed by atoms with E-state index in [2.05, 4.69) is 18.7 Å². The molecule has 1 N–H and O–H groups in total.